The maximum atomic E-state index is 13.1. The van der Waals surface area contributed by atoms with Crippen molar-refractivity contribution in [3.8, 4) is 22.3 Å². The fourth-order valence-corrected chi connectivity index (χ4v) is 3.50. The molecule has 0 aliphatic heterocycles. The summed E-state index contributed by atoms with van der Waals surface area (Å²) < 4.78 is 0. The van der Waals surface area contributed by atoms with Crippen molar-refractivity contribution in [1.82, 2.24) is 0 Å². The number of benzene rings is 4. The smallest absolute Gasteiger partial charge is 0.193 e. The van der Waals surface area contributed by atoms with Crippen LogP contribution in [0, 0.1) is 0 Å². The zero-order chi connectivity index (χ0) is 19.5. The summed E-state index contributed by atoms with van der Waals surface area (Å²) in [5, 5.41) is 0. The van der Waals surface area contributed by atoms with E-state index in [9.17, 15) is 4.79 Å². The molecular formula is C25H20B2O. The van der Waals surface area contributed by atoms with Gasteiger partial charge < -0.3 is 0 Å². The summed E-state index contributed by atoms with van der Waals surface area (Å²) in [6.45, 7) is 0. The van der Waals surface area contributed by atoms with E-state index in [0.29, 0.717) is 11.1 Å². The lowest BCUT2D eigenvalue weighted by molar-refractivity contribution is 0.103. The zero-order valence-electron chi connectivity index (χ0n) is 16.1. The van der Waals surface area contributed by atoms with Crippen molar-refractivity contribution >= 4 is 32.4 Å². The van der Waals surface area contributed by atoms with Crippen LogP contribution < -0.4 is 10.9 Å². The normalized spacial score (nSPS) is 10.6. The number of carbonyl (C=O) groups excluding carboxylic acids is 1. The highest BCUT2D eigenvalue weighted by atomic mass is 16.1. The molecule has 0 radical (unpaired) electrons. The summed E-state index contributed by atoms with van der Waals surface area (Å²) in [5.74, 6) is 0.0454. The third-order valence-electron chi connectivity index (χ3n) is 4.95. The fraction of sp³-hybridized carbons (Fsp3) is 0. The van der Waals surface area contributed by atoms with Gasteiger partial charge in [0.2, 0.25) is 0 Å². The third-order valence-corrected chi connectivity index (χ3v) is 4.95. The minimum absolute atomic E-state index is 0.0454. The van der Waals surface area contributed by atoms with E-state index >= 15 is 0 Å². The van der Waals surface area contributed by atoms with Crippen molar-refractivity contribution in [3.05, 3.63) is 108 Å². The van der Waals surface area contributed by atoms with E-state index in [1.54, 1.807) is 0 Å². The largest absolute Gasteiger partial charge is 0.289 e. The summed E-state index contributed by atoms with van der Waals surface area (Å²) in [6.07, 6.45) is 0. The molecular weight excluding hydrogens is 338 g/mol. The van der Waals surface area contributed by atoms with Gasteiger partial charge in [0.05, 0.1) is 0 Å². The standard InChI is InChI=1S/C25H20B2O/c26-23-11-3-7-19(15-23)17-5-1-9-21(13-17)25(28)22-10-2-6-18(14-22)20-8-4-12-24(27)16-20/h1-16H,26-27H2. The number of ketones is 1. The average molecular weight is 358 g/mol. The molecule has 132 valence electrons. The van der Waals surface area contributed by atoms with Gasteiger partial charge >= 0.3 is 0 Å². The Hall–Kier alpha value is -3.32. The second-order valence-electron chi connectivity index (χ2n) is 7.23. The molecule has 0 heterocycles. The van der Waals surface area contributed by atoms with E-state index in [1.807, 2.05) is 48.5 Å². The fourth-order valence-electron chi connectivity index (χ4n) is 3.50. The van der Waals surface area contributed by atoms with Gasteiger partial charge in [-0.2, -0.15) is 0 Å². The first-order chi connectivity index (χ1) is 13.6. The summed E-state index contributed by atoms with van der Waals surface area (Å²) >= 11 is 0. The van der Waals surface area contributed by atoms with Gasteiger partial charge in [-0.1, -0.05) is 95.9 Å². The second kappa shape index (κ2) is 7.74. The first-order valence-electron chi connectivity index (χ1n) is 9.49. The Kier molecular flexibility index (Phi) is 4.99. The molecule has 0 aliphatic rings. The van der Waals surface area contributed by atoms with Crippen molar-refractivity contribution in [2.75, 3.05) is 0 Å². The molecule has 4 rings (SSSR count). The molecule has 0 bridgehead atoms. The van der Waals surface area contributed by atoms with E-state index in [4.69, 9.17) is 0 Å². The first kappa shape index (κ1) is 18.1. The van der Waals surface area contributed by atoms with Crippen LogP contribution in [0.3, 0.4) is 0 Å². The van der Waals surface area contributed by atoms with Gasteiger partial charge in [0, 0.05) is 11.1 Å². The third kappa shape index (κ3) is 3.84. The minimum atomic E-state index is 0.0454. The number of rotatable bonds is 4. The van der Waals surface area contributed by atoms with E-state index in [-0.39, 0.29) is 5.78 Å². The molecule has 0 fully saturated rings. The van der Waals surface area contributed by atoms with Crippen molar-refractivity contribution in [1.29, 1.82) is 0 Å². The van der Waals surface area contributed by atoms with Crippen molar-refractivity contribution in [3.63, 3.8) is 0 Å². The van der Waals surface area contributed by atoms with E-state index in [2.05, 4.69) is 64.2 Å². The minimum Gasteiger partial charge on any atom is -0.289 e. The topological polar surface area (TPSA) is 17.1 Å². The van der Waals surface area contributed by atoms with E-state index in [1.165, 1.54) is 10.9 Å². The summed E-state index contributed by atoms with van der Waals surface area (Å²) in [5.41, 5.74) is 8.21. The van der Waals surface area contributed by atoms with E-state index < -0.39 is 0 Å². The molecule has 3 heteroatoms. The molecule has 0 unspecified atom stereocenters. The van der Waals surface area contributed by atoms with Crippen LogP contribution in [0.5, 0.6) is 0 Å². The van der Waals surface area contributed by atoms with Gasteiger partial charge in [-0.3, -0.25) is 4.79 Å². The lowest BCUT2D eigenvalue weighted by Crippen LogP contribution is -2.03. The molecule has 0 saturated heterocycles. The van der Waals surface area contributed by atoms with Crippen molar-refractivity contribution in [2.45, 2.75) is 0 Å². The Morgan fingerprint density at radius 3 is 1.25 bits per heavy atom. The van der Waals surface area contributed by atoms with Gasteiger partial charge in [-0.05, 0) is 34.4 Å². The van der Waals surface area contributed by atoms with Crippen LogP contribution in [0.1, 0.15) is 15.9 Å². The molecule has 4 aromatic rings. The van der Waals surface area contributed by atoms with Crippen LogP contribution in [-0.2, 0) is 0 Å². The number of carbonyl (C=O) groups is 1. The second-order valence-corrected chi connectivity index (χ2v) is 7.23. The van der Waals surface area contributed by atoms with Gasteiger partial charge in [-0.25, -0.2) is 0 Å². The zero-order valence-corrected chi connectivity index (χ0v) is 16.1. The summed E-state index contributed by atoms with van der Waals surface area (Å²) in [6, 6.07) is 32.4. The highest BCUT2D eigenvalue weighted by Crippen LogP contribution is 2.23. The molecule has 28 heavy (non-hydrogen) atoms. The molecule has 0 amide bonds. The molecule has 0 aliphatic carbocycles. The highest BCUT2D eigenvalue weighted by molar-refractivity contribution is 6.33. The molecule has 1 nitrogen and oxygen atoms in total. The maximum Gasteiger partial charge on any atom is 0.193 e. The average Bonchev–Trinajstić information content (AvgIpc) is 2.73. The predicted octanol–water partition coefficient (Wildman–Crippen LogP) is 2.77. The Morgan fingerprint density at radius 2 is 0.857 bits per heavy atom. The quantitative estimate of drug-likeness (QED) is 0.405. The molecule has 0 saturated carbocycles. The molecule has 0 atom stereocenters. The van der Waals surface area contributed by atoms with Crippen LogP contribution in [0.25, 0.3) is 22.3 Å². The van der Waals surface area contributed by atoms with Crippen molar-refractivity contribution < 1.29 is 4.79 Å². The molecule has 0 spiro atoms. The van der Waals surface area contributed by atoms with Crippen LogP contribution >= 0.6 is 0 Å². The Morgan fingerprint density at radius 1 is 0.500 bits per heavy atom. The molecule has 4 aromatic carbocycles. The Labute approximate surface area is 167 Å². The first-order valence-corrected chi connectivity index (χ1v) is 9.49. The van der Waals surface area contributed by atoms with Crippen molar-refractivity contribution in [2.24, 2.45) is 0 Å². The van der Waals surface area contributed by atoms with Crippen LogP contribution in [0.2, 0.25) is 0 Å². The highest BCUT2D eigenvalue weighted by Gasteiger charge is 2.11. The van der Waals surface area contributed by atoms with E-state index in [0.717, 1.165) is 22.3 Å². The number of hydrogen-bond donors (Lipinski definition) is 0. The number of hydrogen-bond acceptors (Lipinski definition) is 1. The van der Waals surface area contributed by atoms with Gasteiger partial charge in [0.15, 0.2) is 5.78 Å². The summed E-state index contributed by atoms with van der Waals surface area (Å²) in [4.78, 5) is 13.1. The lowest BCUT2D eigenvalue weighted by atomic mass is 9.90. The van der Waals surface area contributed by atoms with Crippen LogP contribution in [0.4, 0.5) is 0 Å². The Bertz CT molecular complexity index is 1070. The van der Waals surface area contributed by atoms with Gasteiger partial charge in [-0.15, -0.1) is 0 Å². The Balaban J connectivity index is 1.69. The van der Waals surface area contributed by atoms with Crippen LogP contribution in [-0.4, -0.2) is 21.5 Å². The van der Waals surface area contributed by atoms with Gasteiger partial charge in [0.25, 0.3) is 0 Å². The summed E-state index contributed by atoms with van der Waals surface area (Å²) in [7, 11) is 4.16. The van der Waals surface area contributed by atoms with Gasteiger partial charge in [0.1, 0.15) is 15.7 Å². The maximum absolute atomic E-state index is 13.1. The molecule has 0 aromatic heterocycles. The van der Waals surface area contributed by atoms with Crippen LogP contribution in [0.15, 0.2) is 97.1 Å². The SMILES string of the molecule is Bc1cccc(-c2cccc(C(=O)c3cccc(-c4cccc(B)c4)c3)c2)c1. The predicted molar refractivity (Wildman–Crippen MR) is 124 cm³/mol. The molecule has 0 N–H and O–H groups in total. The lowest BCUT2D eigenvalue weighted by Gasteiger charge is -2.08. The monoisotopic (exact) mass is 358 g/mol.